The van der Waals surface area contributed by atoms with Crippen LogP contribution in [0, 0.1) is 0 Å². The van der Waals surface area contributed by atoms with Crippen LogP contribution in [0.1, 0.15) is 62.7 Å². The first-order chi connectivity index (χ1) is 19.1. The lowest BCUT2D eigenvalue weighted by molar-refractivity contribution is -0.165. The highest BCUT2D eigenvalue weighted by atomic mass is 32.2. The smallest absolute Gasteiger partial charge is 0.310 e. The van der Waals surface area contributed by atoms with Gasteiger partial charge in [-0.05, 0) is 38.3 Å². The van der Waals surface area contributed by atoms with E-state index in [-0.39, 0.29) is 31.9 Å². The number of amides is 3. The van der Waals surface area contributed by atoms with E-state index in [9.17, 15) is 27.6 Å². The van der Waals surface area contributed by atoms with Gasteiger partial charge < -0.3 is 25.0 Å². The van der Waals surface area contributed by atoms with Gasteiger partial charge in [-0.15, -0.1) is 0 Å². The molecular formula is C27H38N4O8S. The Morgan fingerprint density at radius 2 is 1.77 bits per heavy atom. The molecule has 40 heavy (non-hydrogen) atoms. The zero-order chi connectivity index (χ0) is 28.9. The number of cyclic esters (lactones) is 1. The molecular weight excluding hydrogens is 540 g/mol. The highest BCUT2D eigenvalue weighted by molar-refractivity contribution is 7.89. The van der Waals surface area contributed by atoms with Crippen molar-refractivity contribution in [1.82, 2.24) is 19.8 Å². The van der Waals surface area contributed by atoms with Crippen LogP contribution in [-0.2, 0) is 33.9 Å². The van der Waals surface area contributed by atoms with Crippen molar-refractivity contribution < 1.29 is 37.1 Å². The summed E-state index contributed by atoms with van der Waals surface area (Å²) in [7, 11) is -3.67. The number of fused-ring (bicyclic) bond motifs is 1. The van der Waals surface area contributed by atoms with Crippen molar-refractivity contribution in [3.05, 3.63) is 35.9 Å². The molecule has 3 saturated heterocycles. The molecule has 3 heterocycles. The van der Waals surface area contributed by atoms with Crippen molar-refractivity contribution in [3.8, 4) is 0 Å². The molecule has 0 radical (unpaired) electrons. The molecule has 13 heteroatoms. The number of hydrogen-bond acceptors (Lipinski definition) is 8. The quantitative estimate of drug-likeness (QED) is 0.408. The Balaban J connectivity index is 1.62. The molecule has 0 spiro atoms. The maximum atomic E-state index is 14.0. The van der Waals surface area contributed by atoms with E-state index in [1.54, 1.807) is 44.2 Å². The second-order valence-electron chi connectivity index (χ2n) is 10.4. The monoisotopic (exact) mass is 578 g/mol. The molecule has 2 N–H and O–H groups in total. The van der Waals surface area contributed by atoms with Crippen LogP contribution in [0.25, 0.3) is 0 Å². The maximum Gasteiger partial charge on any atom is 0.310 e. The molecule has 4 rings (SSSR count). The van der Waals surface area contributed by atoms with Crippen molar-refractivity contribution in [1.29, 1.82) is 0 Å². The summed E-state index contributed by atoms with van der Waals surface area (Å²) in [6.45, 7) is 3.60. The van der Waals surface area contributed by atoms with Crippen LogP contribution < -0.4 is 10.6 Å². The minimum Gasteiger partial charge on any atom is -0.433 e. The largest absolute Gasteiger partial charge is 0.433 e. The number of sulfonamides is 1. The van der Waals surface area contributed by atoms with E-state index in [1.165, 1.54) is 9.21 Å². The van der Waals surface area contributed by atoms with Gasteiger partial charge in [-0.25, -0.2) is 8.42 Å². The fraction of sp³-hybridized carbons (Fsp3) is 0.630. The fourth-order valence-corrected chi connectivity index (χ4v) is 7.11. The normalized spacial score (nSPS) is 27.8. The fourth-order valence-electron chi connectivity index (χ4n) is 5.57. The summed E-state index contributed by atoms with van der Waals surface area (Å²) in [4.78, 5) is 54.1. The Labute approximate surface area is 234 Å². The van der Waals surface area contributed by atoms with Crippen molar-refractivity contribution in [3.63, 3.8) is 0 Å². The molecule has 3 fully saturated rings. The molecule has 0 bridgehead atoms. The first kappa shape index (κ1) is 29.9. The first-order valence-electron chi connectivity index (χ1n) is 13.9. The number of nitrogens with one attached hydrogen (secondary N) is 2. The summed E-state index contributed by atoms with van der Waals surface area (Å²) in [5.41, 5.74) is 0.409. The van der Waals surface area contributed by atoms with Gasteiger partial charge in [-0.3, -0.25) is 19.2 Å². The summed E-state index contributed by atoms with van der Waals surface area (Å²) in [5.74, 6) is -2.03. The highest BCUT2D eigenvalue weighted by Crippen LogP contribution is 2.28. The lowest BCUT2D eigenvalue weighted by Crippen LogP contribution is -2.69. The second kappa shape index (κ2) is 13.1. The van der Waals surface area contributed by atoms with Gasteiger partial charge in [0.15, 0.2) is 0 Å². The molecule has 5 atom stereocenters. The van der Waals surface area contributed by atoms with Crippen LogP contribution in [0.2, 0.25) is 0 Å². The van der Waals surface area contributed by atoms with Gasteiger partial charge in [-0.2, -0.15) is 4.31 Å². The van der Waals surface area contributed by atoms with E-state index < -0.39 is 64.2 Å². The van der Waals surface area contributed by atoms with Crippen LogP contribution in [0.3, 0.4) is 0 Å². The van der Waals surface area contributed by atoms with E-state index in [1.807, 2.05) is 0 Å². The van der Waals surface area contributed by atoms with Gasteiger partial charge in [0.2, 0.25) is 28.1 Å². The Morgan fingerprint density at radius 1 is 1.05 bits per heavy atom. The molecule has 2 unspecified atom stereocenters. The predicted molar refractivity (Wildman–Crippen MR) is 144 cm³/mol. The third-order valence-corrected chi connectivity index (χ3v) is 9.48. The van der Waals surface area contributed by atoms with Crippen molar-refractivity contribution in [2.75, 3.05) is 25.4 Å². The SMILES string of the molecule is CCCS(=O)(=O)N1C[C@@H]2CCCC[C@H](NC(=O)c3ccccc3)C(=O)N2[C@H](C(=O)NC2CC(=O)OC2OCC)C1. The number of esters is 1. The van der Waals surface area contributed by atoms with Crippen LogP contribution in [0.4, 0.5) is 0 Å². The molecule has 220 valence electrons. The van der Waals surface area contributed by atoms with Gasteiger partial charge in [-0.1, -0.05) is 38.0 Å². The van der Waals surface area contributed by atoms with Crippen LogP contribution in [0.15, 0.2) is 30.3 Å². The second-order valence-corrected chi connectivity index (χ2v) is 12.4. The Hall–Kier alpha value is -3.03. The van der Waals surface area contributed by atoms with Crippen molar-refractivity contribution >= 4 is 33.7 Å². The van der Waals surface area contributed by atoms with Gasteiger partial charge in [0.1, 0.15) is 18.1 Å². The van der Waals surface area contributed by atoms with Crippen LogP contribution in [0.5, 0.6) is 0 Å². The van der Waals surface area contributed by atoms with E-state index in [4.69, 9.17) is 9.47 Å². The van der Waals surface area contributed by atoms with Gasteiger partial charge in [0, 0.05) is 31.3 Å². The molecule has 3 amide bonds. The maximum absolute atomic E-state index is 14.0. The number of carbonyl (C=O) groups is 4. The van der Waals surface area contributed by atoms with Gasteiger partial charge in [0.25, 0.3) is 5.91 Å². The summed E-state index contributed by atoms with van der Waals surface area (Å²) in [5, 5.41) is 5.61. The zero-order valence-corrected chi connectivity index (χ0v) is 23.7. The van der Waals surface area contributed by atoms with E-state index in [0.717, 1.165) is 0 Å². The minimum absolute atomic E-state index is 0.0732. The lowest BCUT2D eigenvalue weighted by atomic mass is 9.94. The first-order valence-corrected chi connectivity index (χ1v) is 15.5. The van der Waals surface area contributed by atoms with Crippen molar-refractivity contribution in [2.24, 2.45) is 0 Å². The van der Waals surface area contributed by atoms with Gasteiger partial charge >= 0.3 is 5.97 Å². The Morgan fingerprint density at radius 3 is 2.48 bits per heavy atom. The van der Waals surface area contributed by atoms with E-state index >= 15 is 0 Å². The lowest BCUT2D eigenvalue weighted by Gasteiger charge is -2.47. The molecule has 0 aromatic heterocycles. The molecule has 3 aliphatic heterocycles. The minimum atomic E-state index is -3.67. The Bertz CT molecular complexity index is 1190. The predicted octanol–water partition coefficient (Wildman–Crippen LogP) is 0.775. The average molecular weight is 579 g/mol. The highest BCUT2D eigenvalue weighted by Gasteiger charge is 2.48. The zero-order valence-electron chi connectivity index (χ0n) is 22.9. The number of hydrogen-bond donors (Lipinski definition) is 2. The third-order valence-electron chi connectivity index (χ3n) is 7.47. The van der Waals surface area contributed by atoms with E-state index in [2.05, 4.69) is 10.6 Å². The van der Waals surface area contributed by atoms with Gasteiger partial charge in [0.05, 0.1) is 12.2 Å². The molecule has 3 aliphatic rings. The summed E-state index contributed by atoms with van der Waals surface area (Å²) in [6.07, 6.45) is 1.60. The van der Waals surface area contributed by atoms with Crippen LogP contribution in [-0.4, -0.2) is 97.2 Å². The molecule has 0 saturated carbocycles. The molecule has 12 nitrogen and oxygen atoms in total. The standard InChI is InChI=1S/C27H38N4O8S/c1-3-14-40(36,37)30-16-19-12-8-9-13-20(28-24(33)18-10-6-5-7-11-18)26(35)31(19)22(17-30)25(34)29-21-15-23(32)39-27(21)38-4-2/h5-7,10-11,19-22,27H,3-4,8-9,12-17H2,1-2H3,(H,28,33)(H,29,34)/t19-,20-,21?,22-,27?/m0/s1. The van der Waals surface area contributed by atoms with Crippen LogP contribution >= 0.6 is 0 Å². The number of nitrogens with zero attached hydrogens (tertiary/aromatic N) is 2. The third kappa shape index (κ3) is 6.81. The summed E-state index contributed by atoms with van der Waals surface area (Å²) < 4.78 is 38.1. The Kier molecular flexibility index (Phi) is 9.80. The molecule has 1 aromatic carbocycles. The number of benzene rings is 1. The number of piperazine rings is 1. The molecule has 0 aliphatic carbocycles. The summed E-state index contributed by atoms with van der Waals surface area (Å²) >= 11 is 0. The molecule has 1 aromatic rings. The van der Waals surface area contributed by atoms with Crippen molar-refractivity contribution in [2.45, 2.75) is 82.8 Å². The number of carbonyl (C=O) groups excluding carboxylic acids is 4. The average Bonchev–Trinajstić information content (AvgIpc) is 3.27. The summed E-state index contributed by atoms with van der Waals surface area (Å²) in [6, 6.07) is 5.18. The topological polar surface area (TPSA) is 151 Å². The number of ether oxygens (including phenoxy) is 2. The number of rotatable bonds is 9. The van der Waals surface area contributed by atoms with E-state index in [0.29, 0.717) is 37.7 Å².